The summed E-state index contributed by atoms with van der Waals surface area (Å²) in [5.74, 6) is 5.08. The quantitative estimate of drug-likeness (QED) is 0.729. The molecule has 0 radical (unpaired) electrons. The fraction of sp³-hybridized carbons (Fsp3) is 0.333. The molecule has 1 aromatic carbocycles. The molecule has 1 aliphatic heterocycles. The molecule has 5 heteroatoms. The van der Waals surface area contributed by atoms with Crippen LogP contribution in [-0.4, -0.2) is 60.0 Å². The van der Waals surface area contributed by atoms with E-state index in [1.165, 1.54) is 0 Å². The summed E-state index contributed by atoms with van der Waals surface area (Å²) in [4.78, 5) is 27.1. The highest BCUT2D eigenvalue weighted by molar-refractivity contribution is 5.97. The van der Waals surface area contributed by atoms with Crippen LogP contribution in [0.1, 0.15) is 15.9 Å². The summed E-state index contributed by atoms with van der Waals surface area (Å²) in [6, 6.07) is 6.89. The van der Waals surface area contributed by atoms with Crippen LogP contribution >= 0.6 is 0 Å². The molecule has 1 fully saturated rings. The van der Waals surface area contributed by atoms with Gasteiger partial charge in [0.15, 0.2) is 0 Å². The minimum Gasteiger partial charge on any atom is -0.384 e. The molecule has 0 saturated carbocycles. The largest absolute Gasteiger partial charge is 0.384 e. The second kappa shape index (κ2) is 6.22. The van der Waals surface area contributed by atoms with E-state index in [4.69, 9.17) is 5.11 Å². The van der Waals surface area contributed by atoms with Gasteiger partial charge in [-0.25, -0.2) is 0 Å². The van der Waals surface area contributed by atoms with Gasteiger partial charge >= 0.3 is 0 Å². The third kappa shape index (κ3) is 3.16. The first-order valence-electron chi connectivity index (χ1n) is 6.35. The Morgan fingerprint density at radius 3 is 2.90 bits per heavy atom. The molecule has 5 nitrogen and oxygen atoms in total. The lowest BCUT2D eigenvalue weighted by Gasteiger charge is -2.32. The van der Waals surface area contributed by atoms with Crippen LogP contribution in [0.3, 0.4) is 0 Å². The van der Waals surface area contributed by atoms with Crippen LogP contribution in [0.4, 0.5) is 0 Å². The number of carbonyl (C=O) groups excluding carboxylic acids is 2. The van der Waals surface area contributed by atoms with Crippen molar-refractivity contribution in [1.29, 1.82) is 0 Å². The van der Waals surface area contributed by atoms with E-state index in [1.807, 2.05) is 0 Å². The summed E-state index contributed by atoms with van der Waals surface area (Å²) in [7, 11) is 1.73. The topological polar surface area (TPSA) is 60.9 Å². The Bertz CT molecular complexity index is 586. The molecule has 1 saturated heterocycles. The molecule has 1 N–H and O–H groups in total. The Hall–Kier alpha value is -2.32. The summed E-state index contributed by atoms with van der Waals surface area (Å²) >= 11 is 0. The minimum atomic E-state index is -0.217. The van der Waals surface area contributed by atoms with E-state index in [1.54, 1.807) is 41.1 Å². The number of hydrogen-bond donors (Lipinski definition) is 1. The Balaban J connectivity index is 2.15. The number of rotatable bonds is 1. The predicted molar refractivity (Wildman–Crippen MR) is 73.9 cm³/mol. The van der Waals surface area contributed by atoms with Gasteiger partial charge in [0.05, 0.1) is 0 Å². The van der Waals surface area contributed by atoms with Crippen molar-refractivity contribution in [3.05, 3.63) is 35.4 Å². The van der Waals surface area contributed by atoms with Crippen LogP contribution in [0, 0.1) is 11.8 Å². The van der Waals surface area contributed by atoms with Crippen molar-refractivity contribution in [2.75, 3.05) is 33.3 Å². The SMILES string of the molecule is CN1CCN(C(=O)c2cccc(C#CCO)c2)CC1=O. The minimum absolute atomic E-state index is 0.0548. The predicted octanol–water partition coefficient (Wildman–Crippen LogP) is -0.0554. The maximum absolute atomic E-state index is 12.3. The van der Waals surface area contributed by atoms with Gasteiger partial charge in [-0.15, -0.1) is 0 Å². The maximum Gasteiger partial charge on any atom is 0.254 e. The van der Waals surface area contributed by atoms with E-state index in [2.05, 4.69) is 11.8 Å². The van der Waals surface area contributed by atoms with E-state index < -0.39 is 0 Å². The fourth-order valence-electron chi connectivity index (χ4n) is 1.99. The molecular formula is C15H16N2O3. The van der Waals surface area contributed by atoms with E-state index in [0.717, 1.165) is 0 Å². The van der Waals surface area contributed by atoms with Crippen molar-refractivity contribution in [2.45, 2.75) is 0 Å². The smallest absolute Gasteiger partial charge is 0.254 e. The highest BCUT2D eigenvalue weighted by atomic mass is 16.2. The summed E-state index contributed by atoms with van der Waals surface area (Å²) < 4.78 is 0. The lowest BCUT2D eigenvalue weighted by Crippen LogP contribution is -2.50. The standard InChI is InChI=1S/C15H16N2O3/c1-16-7-8-17(11-14(16)19)15(20)13-6-2-4-12(10-13)5-3-9-18/h2,4,6,10,18H,7-9,11H2,1H3. The number of aliphatic hydroxyl groups excluding tert-OH is 1. The molecule has 0 unspecified atom stereocenters. The summed E-state index contributed by atoms with van der Waals surface area (Å²) in [6.45, 7) is 0.981. The van der Waals surface area contributed by atoms with Crippen molar-refractivity contribution in [1.82, 2.24) is 9.80 Å². The molecule has 1 aliphatic rings. The first-order chi connectivity index (χ1) is 9.61. The molecule has 1 heterocycles. The molecular weight excluding hydrogens is 256 g/mol. The summed E-state index contributed by atoms with van der Waals surface area (Å²) in [5.41, 5.74) is 1.18. The number of benzene rings is 1. The number of piperazine rings is 1. The zero-order chi connectivity index (χ0) is 14.5. The first-order valence-corrected chi connectivity index (χ1v) is 6.35. The molecule has 0 atom stereocenters. The Kier molecular flexibility index (Phi) is 4.38. The Morgan fingerprint density at radius 1 is 1.40 bits per heavy atom. The second-order valence-corrected chi connectivity index (χ2v) is 4.58. The Labute approximate surface area is 117 Å². The molecule has 2 rings (SSSR count). The maximum atomic E-state index is 12.3. The van der Waals surface area contributed by atoms with Crippen LogP contribution < -0.4 is 0 Å². The van der Waals surface area contributed by atoms with Crippen LogP contribution in [0.15, 0.2) is 24.3 Å². The molecule has 104 valence electrons. The van der Waals surface area contributed by atoms with Crippen molar-refractivity contribution in [3.63, 3.8) is 0 Å². The third-order valence-electron chi connectivity index (χ3n) is 3.17. The van der Waals surface area contributed by atoms with Crippen LogP contribution in [-0.2, 0) is 4.79 Å². The molecule has 1 aromatic rings. The van der Waals surface area contributed by atoms with Gasteiger partial charge in [0.1, 0.15) is 13.2 Å². The third-order valence-corrected chi connectivity index (χ3v) is 3.17. The monoisotopic (exact) mass is 272 g/mol. The number of amides is 2. The summed E-state index contributed by atoms with van der Waals surface area (Å²) in [6.07, 6.45) is 0. The Morgan fingerprint density at radius 2 is 2.20 bits per heavy atom. The van der Waals surface area contributed by atoms with Crippen LogP contribution in [0.5, 0.6) is 0 Å². The number of aliphatic hydroxyl groups is 1. The molecule has 20 heavy (non-hydrogen) atoms. The molecule has 0 bridgehead atoms. The number of likely N-dealkylation sites (N-methyl/N-ethyl adjacent to an activating group) is 1. The second-order valence-electron chi connectivity index (χ2n) is 4.58. The molecule has 2 amide bonds. The van der Waals surface area contributed by atoms with Gasteiger partial charge in [0.2, 0.25) is 5.91 Å². The zero-order valence-corrected chi connectivity index (χ0v) is 11.3. The molecule has 0 aromatic heterocycles. The highest BCUT2D eigenvalue weighted by Crippen LogP contribution is 2.10. The normalized spacial score (nSPS) is 14.8. The fourth-order valence-corrected chi connectivity index (χ4v) is 1.99. The van der Waals surface area contributed by atoms with E-state index in [0.29, 0.717) is 24.2 Å². The number of hydrogen-bond acceptors (Lipinski definition) is 3. The zero-order valence-electron chi connectivity index (χ0n) is 11.3. The average Bonchev–Trinajstić information content (AvgIpc) is 2.47. The lowest BCUT2D eigenvalue weighted by molar-refractivity contribution is -0.133. The number of carbonyl (C=O) groups is 2. The first kappa shape index (κ1) is 14.1. The van der Waals surface area contributed by atoms with Gasteiger partial charge < -0.3 is 14.9 Å². The van der Waals surface area contributed by atoms with Gasteiger partial charge in [-0.3, -0.25) is 9.59 Å². The van der Waals surface area contributed by atoms with Gasteiger partial charge in [0.25, 0.3) is 5.91 Å². The van der Waals surface area contributed by atoms with Crippen molar-refractivity contribution >= 4 is 11.8 Å². The van der Waals surface area contributed by atoms with Gasteiger partial charge in [-0.05, 0) is 18.2 Å². The molecule has 0 spiro atoms. The van der Waals surface area contributed by atoms with Gasteiger partial charge in [0, 0.05) is 31.3 Å². The van der Waals surface area contributed by atoms with Crippen LogP contribution in [0.25, 0.3) is 0 Å². The highest BCUT2D eigenvalue weighted by Gasteiger charge is 2.25. The van der Waals surface area contributed by atoms with E-state index >= 15 is 0 Å². The van der Waals surface area contributed by atoms with Crippen LogP contribution in [0.2, 0.25) is 0 Å². The van der Waals surface area contributed by atoms with Gasteiger partial charge in [-0.2, -0.15) is 0 Å². The van der Waals surface area contributed by atoms with Crippen molar-refractivity contribution in [3.8, 4) is 11.8 Å². The van der Waals surface area contributed by atoms with Crippen molar-refractivity contribution < 1.29 is 14.7 Å². The van der Waals surface area contributed by atoms with E-state index in [9.17, 15) is 9.59 Å². The average molecular weight is 272 g/mol. The van der Waals surface area contributed by atoms with Crippen molar-refractivity contribution in [2.24, 2.45) is 0 Å². The lowest BCUT2D eigenvalue weighted by atomic mass is 10.1. The van der Waals surface area contributed by atoms with Gasteiger partial charge in [-0.1, -0.05) is 17.9 Å². The van der Waals surface area contributed by atoms with E-state index in [-0.39, 0.29) is 25.0 Å². The number of nitrogens with zero attached hydrogens (tertiary/aromatic N) is 2. The summed E-state index contributed by atoms with van der Waals surface area (Å²) in [5, 5.41) is 8.67. The molecule has 0 aliphatic carbocycles.